The summed E-state index contributed by atoms with van der Waals surface area (Å²) < 4.78 is 17.9. The first kappa shape index (κ1) is 18.2. The van der Waals surface area contributed by atoms with Gasteiger partial charge in [-0.25, -0.2) is 15.0 Å². The van der Waals surface area contributed by atoms with Gasteiger partial charge in [-0.3, -0.25) is 0 Å². The second kappa shape index (κ2) is 7.32. The SMILES string of the molecule is COC1=N[C@@H](CC2=CC=C(Br)C3OC(C)=NC23)C(OC)=NC1C(C)C. The summed E-state index contributed by atoms with van der Waals surface area (Å²) in [5.74, 6) is 2.30. The highest BCUT2D eigenvalue weighted by atomic mass is 79.9. The predicted octanol–water partition coefficient (Wildman–Crippen LogP) is 3.28. The fourth-order valence-electron chi connectivity index (χ4n) is 3.31. The van der Waals surface area contributed by atoms with Crippen LogP contribution in [-0.4, -0.2) is 56.1 Å². The average molecular weight is 410 g/mol. The molecular weight excluding hydrogens is 386 g/mol. The maximum absolute atomic E-state index is 5.81. The normalized spacial score (nSPS) is 31.2. The van der Waals surface area contributed by atoms with Crippen molar-refractivity contribution in [1.82, 2.24) is 0 Å². The first-order valence-electron chi connectivity index (χ1n) is 8.45. The number of hydrogen-bond acceptors (Lipinski definition) is 6. The van der Waals surface area contributed by atoms with Crippen LogP contribution in [0.3, 0.4) is 0 Å². The van der Waals surface area contributed by atoms with Crippen molar-refractivity contribution in [2.75, 3.05) is 14.2 Å². The van der Waals surface area contributed by atoms with E-state index in [2.05, 4.69) is 40.8 Å². The van der Waals surface area contributed by atoms with Crippen molar-refractivity contribution in [3.8, 4) is 0 Å². The van der Waals surface area contributed by atoms with E-state index in [1.807, 2.05) is 13.0 Å². The lowest BCUT2D eigenvalue weighted by Crippen LogP contribution is -2.38. The van der Waals surface area contributed by atoms with Gasteiger partial charge in [0, 0.05) is 17.8 Å². The molecule has 0 aromatic heterocycles. The predicted molar refractivity (Wildman–Crippen MR) is 103 cm³/mol. The minimum absolute atomic E-state index is 0.0264. The van der Waals surface area contributed by atoms with Crippen LogP contribution in [0.1, 0.15) is 27.2 Å². The van der Waals surface area contributed by atoms with Crippen LogP contribution >= 0.6 is 15.9 Å². The van der Waals surface area contributed by atoms with E-state index >= 15 is 0 Å². The van der Waals surface area contributed by atoms with Crippen molar-refractivity contribution in [2.45, 2.75) is 51.4 Å². The van der Waals surface area contributed by atoms with Gasteiger partial charge in [0.15, 0.2) is 12.0 Å². The molecule has 0 radical (unpaired) electrons. The first-order chi connectivity index (χ1) is 11.9. The smallest absolute Gasteiger partial charge is 0.209 e. The fourth-order valence-corrected chi connectivity index (χ4v) is 3.79. The Morgan fingerprint density at radius 2 is 1.84 bits per heavy atom. The summed E-state index contributed by atoms with van der Waals surface area (Å²) in [6.07, 6.45) is 4.69. The monoisotopic (exact) mass is 409 g/mol. The van der Waals surface area contributed by atoms with Crippen LogP contribution in [0.4, 0.5) is 0 Å². The van der Waals surface area contributed by atoms with Gasteiger partial charge in [0.2, 0.25) is 11.8 Å². The molecule has 0 N–H and O–H groups in total. The van der Waals surface area contributed by atoms with Crippen LogP contribution in [0, 0.1) is 5.92 Å². The van der Waals surface area contributed by atoms with Crippen molar-refractivity contribution < 1.29 is 14.2 Å². The molecule has 7 heteroatoms. The van der Waals surface area contributed by atoms with Crippen LogP contribution in [-0.2, 0) is 14.2 Å². The quantitative estimate of drug-likeness (QED) is 0.718. The Balaban J connectivity index is 1.86. The molecule has 3 aliphatic rings. The number of methoxy groups -OCH3 is 2. The largest absolute Gasteiger partial charge is 0.483 e. The van der Waals surface area contributed by atoms with Gasteiger partial charge < -0.3 is 14.2 Å². The molecule has 1 aliphatic carbocycles. The van der Waals surface area contributed by atoms with Gasteiger partial charge in [0.1, 0.15) is 18.1 Å². The van der Waals surface area contributed by atoms with Crippen LogP contribution < -0.4 is 0 Å². The minimum atomic E-state index is -0.205. The molecule has 0 aromatic carbocycles. The number of halogens is 1. The van der Waals surface area contributed by atoms with E-state index in [1.165, 1.54) is 0 Å². The van der Waals surface area contributed by atoms with Gasteiger partial charge in [0.25, 0.3) is 0 Å². The molecule has 3 unspecified atom stereocenters. The average Bonchev–Trinajstić information content (AvgIpc) is 2.99. The van der Waals surface area contributed by atoms with E-state index in [4.69, 9.17) is 24.2 Å². The van der Waals surface area contributed by atoms with Crippen molar-refractivity contribution in [2.24, 2.45) is 20.9 Å². The molecule has 136 valence electrons. The molecule has 0 bridgehead atoms. The molecule has 0 saturated heterocycles. The van der Waals surface area contributed by atoms with Gasteiger partial charge in [-0.1, -0.05) is 35.9 Å². The molecule has 4 atom stereocenters. The molecule has 0 spiro atoms. The van der Waals surface area contributed by atoms with E-state index in [0.29, 0.717) is 24.1 Å². The molecule has 2 aliphatic heterocycles. The van der Waals surface area contributed by atoms with Gasteiger partial charge in [-0.05, 0) is 17.6 Å². The van der Waals surface area contributed by atoms with Crippen LogP contribution in [0.5, 0.6) is 0 Å². The third kappa shape index (κ3) is 3.52. The van der Waals surface area contributed by atoms with E-state index in [9.17, 15) is 0 Å². The fraction of sp³-hybridized carbons (Fsp3) is 0.611. The molecule has 6 nitrogen and oxygen atoms in total. The summed E-state index contributed by atoms with van der Waals surface area (Å²) in [6.45, 7) is 6.08. The lowest BCUT2D eigenvalue weighted by atomic mass is 9.91. The van der Waals surface area contributed by atoms with Crippen molar-refractivity contribution in [3.63, 3.8) is 0 Å². The Hall–Kier alpha value is -1.63. The number of fused-ring (bicyclic) bond motifs is 1. The minimum Gasteiger partial charge on any atom is -0.483 e. The Kier molecular flexibility index (Phi) is 5.32. The molecule has 0 fully saturated rings. The van der Waals surface area contributed by atoms with E-state index in [0.717, 1.165) is 10.1 Å². The third-order valence-corrected chi connectivity index (χ3v) is 5.30. The third-order valence-electron chi connectivity index (χ3n) is 4.58. The number of hydrogen-bond donors (Lipinski definition) is 0. The molecular formula is C18H24BrN3O3. The van der Waals surface area contributed by atoms with Crippen LogP contribution in [0.25, 0.3) is 0 Å². The number of allylic oxidation sites excluding steroid dienone is 2. The molecule has 0 saturated carbocycles. The zero-order chi connectivity index (χ0) is 18.1. The highest BCUT2D eigenvalue weighted by Gasteiger charge is 2.39. The van der Waals surface area contributed by atoms with E-state index < -0.39 is 0 Å². The number of ether oxygens (including phenoxy) is 3. The molecule has 25 heavy (non-hydrogen) atoms. The molecule has 3 rings (SSSR count). The number of rotatable bonds is 3. The Morgan fingerprint density at radius 3 is 2.48 bits per heavy atom. The van der Waals surface area contributed by atoms with Crippen molar-refractivity contribution in [3.05, 3.63) is 22.2 Å². The Bertz CT molecular complexity index is 694. The maximum Gasteiger partial charge on any atom is 0.209 e. The van der Waals surface area contributed by atoms with Gasteiger partial charge in [0.05, 0.1) is 14.2 Å². The highest BCUT2D eigenvalue weighted by Crippen LogP contribution is 2.35. The summed E-state index contributed by atoms with van der Waals surface area (Å²) in [4.78, 5) is 14.1. The summed E-state index contributed by atoms with van der Waals surface area (Å²) in [5, 5.41) is 0. The van der Waals surface area contributed by atoms with Crippen molar-refractivity contribution in [1.29, 1.82) is 0 Å². The number of nitrogens with zero attached hydrogens (tertiary/aromatic N) is 3. The maximum atomic E-state index is 5.81. The zero-order valence-electron chi connectivity index (χ0n) is 15.2. The van der Waals surface area contributed by atoms with Gasteiger partial charge in [-0.15, -0.1) is 0 Å². The zero-order valence-corrected chi connectivity index (χ0v) is 16.8. The van der Waals surface area contributed by atoms with Crippen molar-refractivity contribution >= 4 is 33.6 Å². The topological polar surface area (TPSA) is 64.8 Å². The summed E-state index contributed by atoms with van der Waals surface area (Å²) in [6, 6.07) is -0.335. The molecule has 0 aromatic rings. The Morgan fingerprint density at radius 1 is 1.12 bits per heavy atom. The lowest BCUT2D eigenvalue weighted by Gasteiger charge is -2.29. The van der Waals surface area contributed by atoms with Gasteiger partial charge in [-0.2, -0.15) is 0 Å². The lowest BCUT2D eigenvalue weighted by molar-refractivity contribution is 0.243. The summed E-state index contributed by atoms with van der Waals surface area (Å²) in [7, 11) is 3.29. The first-order valence-corrected chi connectivity index (χ1v) is 9.24. The second-order valence-corrected chi connectivity index (χ2v) is 7.59. The Labute approximate surface area is 156 Å². The number of aliphatic imine (C=N–C) groups is 3. The summed E-state index contributed by atoms with van der Waals surface area (Å²) in [5.41, 5.74) is 1.15. The van der Waals surface area contributed by atoms with E-state index in [-0.39, 0.29) is 30.1 Å². The van der Waals surface area contributed by atoms with Crippen LogP contribution in [0.15, 0.2) is 37.2 Å². The highest BCUT2D eigenvalue weighted by molar-refractivity contribution is 9.11. The van der Waals surface area contributed by atoms with E-state index in [1.54, 1.807) is 14.2 Å². The standard InChI is InChI=1S/C18H24BrN3O3/c1-9(2)14-18(24-5)21-13(17(22-14)23-4)8-11-6-7-12(19)16-15(11)20-10(3)25-16/h6-7,9,13-16H,8H2,1-5H3/t13-,14?,15?,16?/m0/s1. The van der Waals surface area contributed by atoms with Gasteiger partial charge >= 0.3 is 0 Å². The molecule has 0 amide bonds. The summed E-state index contributed by atoms with van der Waals surface area (Å²) >= 11 is 3.57. The molecule has 2 heterocycles. The van der Waals surface area contributed by atoms with Crippen LogP contribution in [0.2, 0.25) is 0 Å². The second-order valence-electron chi connectivity index (χ2n) is 6.68.